The number of nitrogens with zero attached hydrogens (tertiary/aromatic N) is 2. The van der Waals surface area contributed by atoms with Gasteiger partial charge in [-0.3, -0.25) is 4.99 Å². The van der Waals surface area contributed by atoms with E-state index >= 15 is 0 Å². The normalized spacial score (nSPS) is 25.2. The molecule has 1 atom stereocenters. The number of nitrogens with one attached hydrogen (secondary N) is 1. The van der Waals surface area contributed by atoms with Crippen molar-refractivity contribution in [3.63, 3.8) is 0 Å². The highest BCUT2D eigenvalue weighted by Gasteiger charge is 2.15. The first-order valence-corrected chi connectivity index (χ1v) is 8.06. The Hall–Kier alpha value is -0.770. The maximum atomic E-state index is 6.03. The molecule has 1 unspecified atom stereocenters. The molecule has 1 aliphatic carbocycles. The highest BCUT2D eigenvalue weighted by Crippen LogP contribution is 2.19. The summed E-state index contributed by atoms with van der Waals surface area (Å²) in [6, 6.07) is 0.855. The maximum absolute atomic E-state index is 6.03. The first-order chi connectivity index (χ1) is 9.24. The Morgan fingerprint density at radius 1 is 1.16 bits per heavy atom. The number of hydrogen-bond donors (Lipinski definition) is 2. The summed E-state index contributed by atoms with van der Waals surface area (Å²) >= 11 is 0. The second-order valence-corrected chi connectivity index (χ2v) is 6.21. The Labute approximate surface area is 117 Å². The van der Waals surface area contributed by atoms with Crippen molar-refractivity contribution in [3.05, 3.63) is 0 Å². The lowest BCUT2D eigenvalue weighted by Crippen LogP contribution is -2.46. The zero-order valence-corrected chi connectivity index (χ0v) is 12.4. The third-order valence-electron chi connectivity index (χ3n) is 4.27. The number of piperidine rings is 1. The van der Waals surface area contributed by atoms with Crippen molar-refractivity contribution >= 4 is 5.96 Å². The van der Waals surface area contributed by atoms with Gasteiger partial charge in [0.15, 0.2) is 5.96 Å². The van der Waals surface area contributed by atoms with E-state index < -0.39 is 0 Å². The number of rotatable bonds is 4. The second kappa shape index (κ2) is 7.73. The number of likely N-dealkylation sites (tertiary alicyclic amines) is 1. The lowest BCUT2D eigenvalue weighted by atomic mass is 9.96. The van der Waals surface area contributed by atoms with Gasteiger partial charge in [-0.15, -0.1) is 0 Å². The minimum atomic E-state index is 0.394. The molecule has 4 nitrogen and oxygen atoms in total. The van der Waals surface area contributed by atoms with Gasteiger partial charge in [0, 0.05) is 12.6 Å². The van der Waals surface area contributed by atoms with E-state index in [4.69, 9.17) is 5.73 Å². The fourth-order valence-corrected chi connectivity index (χ4v) is 3.27. The van der Waals surface area contributed by atoms with Crippen LogP contribution in [0.4, 0.5) is 0 Å². The summed E-state index contributed by atoms with van der Waals surface area (Å²) in [6.07, 6.45) is 10.5. The molecule has 1 heterocycles. The molecule has 19 heavy (non-hydrogen) atoms. The van der Waals surface area contributed by atoms with Crippen LogP contribution in [0.15, 0.2) is 4.99 Å². The van der Waals surface area contributed by atoms with Crippen LogP contribution in [0.1, 0.15) is 58.3 Å². The van der Waals surface area contributed by atoms with Crippen molar-refractivity contribution < 1.29 is 0 Å². The van der Waals surface area contributed by atoms with E-state index in [1.165, 1.54) is 64.5 Å². The average molecular weight is 266 g/mol. The molecular weight excluding hydrogens is 236 g/mol. The van der Waals surface area contributed by atoms with Crippen LogP contribution in [-0.4, -0.2) is 42.6 Å². The van der Waals surface area contributed by atoms with Gasteiger partial charge in [-0.2, -0.15) is 0 Å². The fraction of sp³-hybridized carbons (Fsp3) is 0.933. The van der Waals surface area contributed by atoms with Gasteiger partial charge >= 0.3 is 0 Å². The molecular formula is C15H30N4. The Morgan fingerprint density at radius 2 is 1.79 bits per heavy atom. The second-order valence-electron chi connectivity index (χ2n) is 6.21. The summed E-state index contributed by atoms with van der Waals surface area (Å²) in [4.78, 5) is 7.17. The first kappa shape index (κ1) is 14.6. The Balaban J connectivity index is 1.70. The molecule has 0 aromatic heterocycles. The maximum Gasteiger partial charge on any atom is 0.189 e. The first-order valence-electron chi connectivity index (χ1n) is 8.06. The van der Waals surface area contributed by atoms with Gasteiger partial charge in [-0.05, 0) is 45.7 Å². The Bertz CT molecular complexity index is 278. The van der Waals surface area contributed by atoms with Crippen LogP contribution in [0.2, 0.25) is 0 Å². The molecule has 1 aliphatic heterocycles. The molecule has 4 heteroatoms. The van der Waals surface area contributed by atoms with Gasteiger partial charge in [0.2, 0.25) is 0 Å². The topological polar surface area (TPSA) is 53.6 Å². The predicted molar refractivity (Wildman–Crippen MR) is 81.4 cm³/mol. The lowest BCUT2D eigenvalue weighted by molar-refractivity contribution is 0.215. The SMILES string of the molecule is CC(CN1CCCCC1)NC(N)=NC1CCCCC1. The highest BCUT2D eigenvalue weighted by atomic mass is 15.2. The quantitative estimate of drug-likeness (QED) is 0.605. The van der Waals surface area contributed by atoms with Crippen LogP contribution < -0.4 is 11.1 Å². The number of aliphatic imine (C=N–C) groups is 1. The van der Waals surface area contributed by atoms with Crippen molar-refractivity contribution in [1.29, 1.82) is 0 Å². The molecule has 0 radical (unpaired) electrons. The van der Waals surface area contributed by atoms with Crippen LogP contribution in [-0.2, 0) is 0 Å². The van der Waals surface area contributed by atoms with E-state index in [-0.39, 0.29) is 0 Å². The summed E-state index contributed by atoms with van der Waals surface area (Å²) in [5.74, 6) is 0.649. The van der Waals surface area contributed by atoms with E-state index in [1.807, 2.05) is 0 Å². The minimum absolute atomic E-state index is 0.394. The van der Waals surface area contributed by atoms with Gasteiger partial charge in [0.25, 0.3) is 0 Å². The average Bonchev–Trinajstić information content (AvgIpc) is 2.40. The molecule has 2 fully saturated rings. The lowest BCUT2D eigenvalue weighted by Gasteiger charge is -2.29. The summed E-state index contributed by atoms with van der Waals surface area (Å²) in [5.41, 5.74) is 6.03. The van der Waals surface area contributed by atoms with E-state index in [0.29, 0.717) is 18.0 Å². The molecule has 2 rings (SSSR count). The van der Waals surface area contributed by atoms with Crippen molar-refractivity contribution in [1.82, 2.24) is 10.2 Å². The van der Waals surface area contributed by atoms with Crippen LogP contribution in [0.3, 0.4) is 0 Å². The third-order valence-corrected chi connectivity index (χ3v) is 4.27. The molecule has 0 aromatic carbocycles. The van der Waals surface area contributed by atoms with Crippen molar-refractivity contribution in [3.8, 4) is 0 Å². The molecule has 2 aliphatic rings. The molecule has 0 aromatic rings. The minimum Gasteiger partial charge on any atom is -0.370 e. The van der Waals surface area contributed by atoms with Crippen molar-refractivity contribution in [2.75, 3.05) is 19.6 Å². The highest BCUT2D eigenvalue weighted by molar-refractivity contribution is 5.78. The zero-order chi connectivity index (χ0) is 13.5. The molecule has 3 N–H and O–H groups in total. The van der Waals surface area contributed by atoms with Gasteiger partial charge < -0.3 is 16.0 Å². The number of nitrogens with two attached hydrogens (primary N) is 1. The predicted octanol–water partition coefficient (Wildman–Crippen LogP) is 2.10. The van der Waals surface area contributed by atoms with Gasteiger partial charge in [-0.1, -0.05) is 25.7 Å². The molecule has 110 valence electrons. The molecule has 0 amide bonds. The third kappa shape index (κ3) is 5.39. The number of guanidine groups is 1. The zero-order valence-electron chi connectivity index (χ0n) is 12.4. The van der Waals surface area contributed by atoms with Gasteiger partial charge in [0.1, 0.15) is 0 Å². The van der Waals surface area contributed by atoms with Crippen LogP contribution in [0.25, 0.3) is 0 Å². The summed E-state index contributed by atoms with van der Waals surface area (Å²) in [6.45, 7) is 5.77. The Kier molecular flexibility index (Phi) is 5.95. The fourth-order valence-electron chi connectivity index (χ4n) is 3.27. The molecule has 0 bridgehead atoms. The van der Waals surface area contributed by atoms with Crippen LogP contribution >= 0.6 is 0 Å². The van der Waals surface area contributed by atoms with Crippen molar-refractivity contribution in [2.45, 2.75) is 70.4 Å². The summed E-state index contributed by atoms with van der Waals surface area (Å²) in [5, 5.41) is 3.36. The Morgan fingerprint density at radius 3 is 2.47 bits per heavy atom. The van der Waals surface area contributed by atoms with Gasteiger partial charge in [-0.25, -0.2) is 0 Å². The number of hydrogen-bond acceptors (Lipinski definition) is 2. The van der Waals surface area contributed by atoms with E-state index in [9.17, 15) is 0 Å². The molecule has 1 saturated heterocycles. The summed E-state index contributed by atoms with van der Waals surface area (Å²) < 4.78 is 0. The molecule has 1 saturated carbocycles. The van der Waals surface area contributed by atoms with E-state index in [2.05, 4.69) is 22.1 Å². The smallest absolute Gasteiger partial charge is 0.189 e. The molecule has 0 spiro atoms. The largest absolute Gasteiger partial charge is 0.370 e. The summed E-state index contributed by atoms with van der Waals surface area (Å²) in [7, 11) is 0. The standard InChI is InChI=1S/C15H30N4/c1-13(12-19-10-6-3-7-11-19)17-15(16)18-14-8-4-2-5-9-14/h13-14H,2-12H2,1H3,(H3,16,17,18). The monoisotopic (exact) mass is 266 g/mol. The van der Waals surface area contributed by atoms with E-state index in [0.717, 1.165) is 6.54 Å². The van der Waals surface area contributed by atoms with Gasteiger partial charge in [0.05, 0.1) is 6.04 Å². The van der Waals surface area contributed by atoms with Crippen LogP contribution in [0.5, 0.6) is 0 Å². The van der Waals surface area contributed by atoms with Crippen molar-refractivity contribution in [2.24, 2.45) is 10.7 Å². The van der Waals surface area contributed by atoms with Crippen LogP contribution in [0, 0.1) is 0 Å². The van der Waals surface area contributed by atoms with E-state index in [1.54, 1.807) is 0 Å².